The molecule has 2 aromatic carbocycles. The van der Waals surface area contributed by atoms with E-state index in [4.69, 9.17) is 23.2 Å². The Morgan fingerprint density at radius 2 is 1.84 bits per heavy atom. The number of rotatable bonds is 7. The van der Waals surface area contributed by atoms with E-state index in [-0.39, 0.29) is 23.3 Å². The number of piperazine rings is 1. The van der Waals surface area contributed by atoms with E-state index in [1.165, 1.54) is 11.8 Å². The van der Waals surface area contributed by atoms with E-state index < -0.39 is 11.2 Å². The van der Waals surface area contributed by atoms with Crippen LogP contribution in [0.1, 0.15) is 38.2 Å². The van der Waals surface area contributed by atoms with Gasteiger partial charge in [0.05, 0.1) is 10.4 Å². The Morgan fingerprint density at radius 3 is 2.53 bits per heavy atom. The second-order valence-corrected chi connectivity index (χ2v) is 9.31. The fraction of sp³-hybridized carbons (Fsp3) is 0.458. The molecule has 2 aromatic rings. The number of fused-ring (bicyclic) bond motifs is 1. The van der Waals surface area contributed by atoms with Crippen LogP contribution in [0, 0.1) is 5.82 Å². The standard InChI is InChI=1S/C24H28Cl2FN3O.ClH/c1-2-24(19-15-20(26)21(27)16-22(19)28-23(24)31)8-3-4-9-29-10-12-30(13-11-29)18-7-5-6-17(25)14-18;/h5-7,14-16H,2-4,8-13H2,1H3,(H,28,31);1H. The summed E-state index contributed by atoms with van der Waals surface area (Å²) < 4.78 is 13.8. The number of hydrogen-bond donors (Lipinski definition) is 1. The van der Waals surface area contributed by atoms with Gasteiger partial charge < -0.3 is 10.2 Å². The van der Waals surface area contributed by atoms with Crippen molar-refractivity contribution in [3.63, 3.8) is 0 Å². The molecule has 174 valence electrons. The first-order valence-corrected chi connectivity index (χ1v) is 11.7. The highest BCUT2D eigenvalue weighted by Crippen LogP contribution is 2.45. The average Bonchev–Trinajstić information content (AvgIpc) is 3.02. The molecule has 1 unspecified atom stereocenters. The molecule has 0 aromatic heterocycles. The van der Waals surface area contributed by atoms with Crippen molar-refractivity contribution in [2.75, 3.05) is 42.9 Å². The molecule has 32 heavy (non-hydrogen) atoms. The van der Waals surface area contributed by atoms with Crippen LogP contribution in [0.25, 0.3) is 0 Å². The second kappa shape index (κ2) is 10.6. The van der Waals surface area contributed by atoms with Crippen molar-refractivity contribution in [2.45, 2.75) is 38.0 Å². The maximum Gasteiger partial charge on any atom is 0.235 e. The van der Waals surface area contributed by atoms with E-state index >= 15 is 0 Å². The van der Waals surface area contributed by atoms with E-state index in [9.17, 15) is 9.18 Å². The third kappa shape index (κ3) is 5.01. The number of benzene rings is 2. The normalized spacial score (nSPS) is 20.6. The average molecular weight is 501 g/mol. The number of amides is 1. The molecule has 1 fully saturated rings. The summed E-state index contributed by atoms with van der Waals surface area (Å²) in [6.45, 7) is 7.04. The molecule has 0 radical (unpaired) electrons. The molecule has 0 saturated carbocycles. The number of anilines is 2. The van der Waals surface area contributed by atoms with Crippen molar-refractivity contribution in [3.05, 3.63) is 57.8 Å². The monoisotopic (exact) mass is 499 g/mol. The molecule has 0 spiro atoms. The van der Waals surface area contributed by atoms with Crippen molar-refractivity contribution >= 4 is 52.9 Å². The minimum atomic E-state index is -0.613. The van der Waals surface area contributed by atoms with Gasteiger partial charge in [-0.2, -0.15) is 0 Å². The van der Waals surface area contributed by atoms with Crippen molar-refractivity contribution in [1.82, 2.24) is 4.90 Å². The molecular weight excluding hydrogens is 472 g/mol. The molecule has 2 aliphatic heterocycles. The lowest BCUT2D eigenvalue weighted by atomic mass is 9.75. The first-order valence-electron chi connectivity index (χ1n) is 11.0. The predicted molar refractivity (Wildman–Crippen MR) is 133 cm³/mol. The van der Waals surface area contributed by atoms with Gasteiger partial charge in [-0.1, -0.05) is 42.6 Å². The van der Waals surface area contributed by atoms with Gasteiger partial charge in [-0.3, -0.25) is 9.69 Å². The molecule has 0 aliphatic carbocycles. The van der Waals surface area contributed by atoms with Crippen LogP contribution in [-0.4, -0.2) is 43.5 Å². The number of nitrogens with zero attached hydrogens (tertiary/aromatic N) is 2. The second-order valence-electron chi connectivity index (χ2n) is 8.47. The molecule has 2 aliphatic rings. The summed E-state index contributed by atoms with van der Waals surface area (Å²) in [5.41, 5.74) is 1.96. The van der Waals surface area contributed by atoms with Gasteiger partial charge in [0.2, 0.25) is 5.91 Å². The van der Waals surface area contributed by atoms with Gasteiger partial charge in [-0.15, -0.1) is 12.4 Å². The fourth-order valence-electron chi connectivity index (χ4n) is 4.85. The van der Waals surface area contributed by atoms with E-state index in [0.29, 0.717) is 12.1 Å². The highest BCUT2D eigenvalue weighted by Gasteiger charge is 2.45. The van der Waals surface area contributed by atoms with Gasteiger partial charge in [0, 0.05) is 42.6 Å². The summed E-state index contributed by atoms with van der Waals surface area (Å²) >= 11 is 12.1. The zero-order chi connectivity index (χ0) is 22.0. The SMILES string of the molecule is CCC1(CCCCN2CCN(c3cccc(Cl)c3)CC2)C(=O)Nc2cc(F)c(Cl)cc21.Cl. The van der Waals surface area contributed by atoms with Crippen LogP contribution < -0.4 is 10.2 Å². The third-order valence-corrected chi connectivity index (χ3v) is 7.26. The Bertz CT molecular complexity index is 966. The number of unbranched alkanes of at least 4 members (excludes halogenated alkanes) is 1. The lowest BCUT2D eigenvalue weighted by molar-refractivity contribution is -0.121. The minimum Gasteiger partial charge on any atom is -0.369 e. The van der Waals surface area contributed by atoms with Crippen LogP contribution in [0.15, 0.2) is 36.4 Å². The number of carbonyl (C=O) groups is 1. The Balaban J connectivity index is 0.00000289. The Hall–Kier alpha value is -1.53. The minimum absolute atomic E-state index is 0. The summed E-state index contributed by atoms with van der Waals surface area (Å²) in [6.07, 6.45) is 3.37. The van der Waals surface area contributed by atoms with E-state index in [0.717, 1.165) is 62.6 Å². The van der Waals surface area contributed by atoms with Crippen LogP contribution in [0.2, 0.25) is 10.0 Å². The first-order chi connectivity index (χ1) is 14.9. The quantitative estimate of drug-likeness (QED) is 0.463. The van der Waals surface area contributed by atoms with E-state index in [1.807, 2.05) is 25.1 Å². The largest absolute Gasteiger partial charge is 0.369 e. The summed E-state index contributed by atoms with van der Waals surface area (Å²) in [5.74, 6) is -0.536. The fourth-order valence-corrected chi connectivity index (χ4v) is 5.20. The summed E-state index contributed by atoms with van der Waals surface area (Å²) in [7, 11) is 0. The van der Waals surface area contributed by atoms with E-state index in [2.05, 4.69) is 21.2 Å². The molecule has 1 N–H and O–H groups in total. The number of hydrogen-bond acceptors (Lipinski definition) is 3. The molecule has 1 atom stereocenters. The summed E-state index contributed by atoms with van der Waals surface area (Å²) in [6, 6.07) is 11.0. The van der Waals surface area contributed by atoms with Crippen molar-refractivity contribution in [2.24, 2.45) is 0 Å². The van der Waals surface area contributed by atoms with Crippen LogP contribution >= 0.6 is 35.6 Å². The third-order valence-electron chi connectivity index (χ3n) is 6.74. The molecule has 1 amide bonds. The topological polar surface area (TPSA) is 35.6 Å². The molecule has 2 heterocycles. The number of carbonyl (C=O) groups excluding carboxylic acids is 1. The van der Waals surface area contributed by atoms with Gasteiger partial charge in [0.15, 0.2) is 0 Å². The Kier molecular flexibility index (Phi) is 8.31. The maximum absolute atomic E-state index is 13.8. The van der Waals surface area contributed by atoms with E-state index in [1.54, 1.807) is 6.07 Å². The predicted octanol–water partition coefficient (Wildman–Crippen LogP) is 6.15. The van der Waals surface area contributed by atoms with Crippen LogP contribution in [-0.2, 0) is 10.2 Å². The van der Waals surface area contributed by atoms with Gasteiger partial charge in [0.25, 0.3) is 0 Å². The number of halogens is 4. The van der Waals surface area contributed by atoms with Gasteiger partial charge in [-0.25, -0.2) is 4.39 Å². The van der Waals surface area contributed by atoms with Crippen molar-refractivity contribution in [3.8, 4) is 0 Å². The highest BCUT2D eigenvalue weighted by atomic mass is 35.5. The lowest BCUT2D eigenvalue weighted by Crippen LogP contribution is -2.46. The molecule has 4 rings (SSSR count). The maximum atomic E-state index is 13.8. The Labute approximate surface area is 205 Å². The smallest absolute Gasteiger partial charge is 0.235 e. The van der Waals surface area contributed by atoms with Gasteiger partial charge in [-0.05, 0) is 61.7 Å². The zero-order valence-electron chi connectivity index (χ0n) is 18.2. The Morgan fingerprint density at radius 1 is 1.09 bits per heavy atom. The molecular formula is C24H29Cl3FN3O. The molecule has 1 saturated heterocycles. The summed E-state index contributed by atoms with van der Waals surface area (Å²) in [5, 5.41) is 3.70. The zero-order valence-corrected chi connectivity index (χ0v) is 20.5. The molecule has 0 bridgehead atoms. The lowest BCUT2D eigenvalue weighted by Gasteiger charge is -2.36. The first kappa shape index (κ1) is 25.1. The van der Waals surface area contributed by atoms with Gasteiger partial charge in [0.1, 0.15) is 5.82 Å². The van der Waals surface area contributed by atoms with Crippen LogP contribution in [0.3, 0.4) is 0 Å². The van der Waals surface area contributed by atoms with Crippen LogP contribution in [0.5, 0.6) is 0 Å². The molecule has 4 nitrogen and oxygen atoms in total. The highest BCUT2D eigenvalue weighted by molar-refractivity contribution is 6.31. The van der Waals surface area contributed by atoms with Crippen molar-refractivity contribution < 1.29 is 9.18 Å². The summed E-state index contributed by atoms with van der Waals surface area (Å²) in [4.78, 5) is 17.6. The van der Waals surface area contributed by atoms with Gasteiger partial charge >= 0.3 is 0 Å². The van der Waals surface area contributed by atoms with Crippen LogP contribution in [0.4, 0.5) is 15.8 Å². The molecule has 8 heteroatoms. The van der Waals surface area contributed by atoms with Crippen molar-refractivity contribution in [1.29, 1.82) is 0 Å². The number of nitrogens with one attached hydrogen (secondary N) is 1.